The molecule has 3 rings (SSSR count). The molecule has 2 aromatic rings. The number of hydrogen-bond donors (Lipinski definition) is 1. The van der Waals surface area contributed by atoms with E-state index >= 15 is 0 Å². The number of amides is 2. The lowest BCUT2D eigenvalue weighted by Gasteiger charge is -2.33. The molecule has 1 aliphatic carbocycles. The summed E-state index contributed by atoms with van der Waals surface area (Å²) in [5.74, 6) is 0.0108. The highest BCUT2D eigenvalue weighted by atomic mass is 35.5. The van der Waals surface area contributed by atoms with Crippen molar-refractivity contribution in [3.05, 3.63) is 64.7 Å². The number of ether oxygens (including phenoxy) is 1. The second-order valence-electron chi connectivity index (χ2n) is 9.47. The van der Waals surface area contributed by atoms with E-state index in [2.05, 4.69) is 12.2 Å². The molecule has 1 saturated carbocycles. The largest absolute Gasteiger partial charge is 0.494 e. The average Bonchev–Trinajstić information content (AvgIpc) is 2.90. The summed E-state index contributed by atoms with van der Waals surface area (Å²) < 4.78 is 5.89. The predicted octanol–water partition coefficient (Wildman–Crippen LogP) is 7.06. The molecule has 0 spiro atoms. The minimum absolute atomic E-state index is 0.118. The Bertz CT molecular complexity index is 961. The van der Waals surface area contributed by atoms with Crippen LogP contribution >= 0.6 is 23.2 Å². The van der Waals surface area contributed by atoms with Crippen LogP contribution in [0.2, 0.25) is 5.02 Å². The Morgan fingerprint density at radius 1 is 1.03 bits per heavy atom. The van der Waals surface area contributed by atoms with E-state index in [-0.39, 0.29) is 30.3 Å². The second kappa shape index (κ2) is 15.1. The zero-order valence-electron chi connectivity index (χ0n) is 21.2. The first-order chi connectivity index (χ1) is 17.5. The molecule has 7 heteroatoms. The molecule has 2 amide bonds. The summed E-state index contributed by atoms with van der Waals surface area (Å²) in [7, 11) is 0. The predicted molar refractivity (Wildman–Crippen MR) is 147 cm³/mol. The molecule has 196 valence electrons. The topological polar surface area (TPSA) is 58.6 Å². The van der Waals surface area contributed by atoms with Crippen molar-refractivity contribution in [3.8, 4) is 5.75 Å². The summed E-state index contributed by atoms with van der Waals surface area (Å²) >= 11 is 12.4. The Morgan fingerprint density at radius 2 is 1.75 bits per heavy atom. The molecule has 0 aromatic heterocycles. The van der Waals surface area contributed by atoms with E-state index in [1.807, 2.05) is 42.5 Å². The third kappa shape index (κ3) is 8.41. The summed E-state index contributed by atoms with van der Waals surface area (Å²) in [6.07, 6.45) is 9.86. The van der Waals surface area contributed by atoms with Gasteiger partial charge < -0.3 is 15.0 Å². The van der Waals surface area contributed by atoms with Crippen molar-refractivity contribution < 1.29 is 14.3 Å². The molecule has 5 nitrogen and oxygen atoms in total. The summed E-state index contributed by atoms with van der Waals surface area (Å²) in [4.78, 5) is 28.3. The maximum atomic E-state index is 13.7. The Kier molecular flexibility index (Phi) is 11.9. The molecular weight excluding hydrogens is 495 g/mol. The van der Waals surface area contributed by atoms with Gasteiger partial charge in [-0.1, -0.05) is 87.4 Å². The van der Waals surface area contributed by atoms with Crippen LogP contribution in [0, 0.1) is 0 Å². The van der Waals surface area contributed by atoms with Gasteiger partial charge >= 0.3 is 0 Å². The van der Waals surface area contributed by atoms with Crippen LogP contribution in [0.15, 0.2) is 48.5 Å². The summed E-state index contributed by atoms with van der Waals surface area (Å²) in [5, 5.41) is 3.75. The molecule has 0 bridgehead atoms. The summed E-state index contributed by atoms with van der Waals surface area (Å²) in [6, 6.07) is 14.1. The zero-order chi connectivity index (χ0) is 25.8. The number of nitrogens with one attached hydrogen (secondary N) is 1. The number of nitrogens with zero attached hydrogens (tertiary/aromatic N) is 1. The first-order valence-corrected chi connectivity index (χ1v) is 14.1. The highest BCUT2D eigenvalue weighted by Crippen LogP contribution is 2.29. The van der Waals surface area contributed by atoms with E-state index in [1.165, 1.54) is 24.2 Å². The lowest BCUT2D eigenvalue weighted by atomic mass is 9.94. The van der Waals surface area contributed by atoms with Crippen molar-refractivity contribution in [1.29, 1.82) is 0 Å². The molecule has 1 aliphatic rings. The number of carbonyl (C=O) groups is 2. The number of benzene rings is 2. The van der Waals surface area contributed by atoms with Crippen LogP contribution in [0.3, 0.4) is 0 Å². The van der Waals surface area contributed by atoms with Gasteiger partial charge in [0.1, 0.15) is 17.7 Å². The van der Waals surface area contributed by atoms with E-state index in [0.29, 0.717) is 17.2 Å². The average molecular weight is 534 g/mol. The third-order valence-electron chi connectivity index (χ3n) is 6.71. The molecule has 1 fully saturated rings. The Labute approximate surface area is 225 Å². The van der Waals surface area contributed by atoms with Gasteiger partial charge in [-0.3, -0.25) is 9.59 Å². The molecule has 2 aromatic carbocycles. The molecule has 0 heterocycles. The van der Waals surface area contributed by atoms with Gasteiger partial charge in [0.15, 0.2) is 0 Å². The van der Waals surface area contributed by atoms with Gasteiger partial charge in [-0.05, 0) is 48.6 Å². The van der Waals surface area contributed by atoms with Gasteiger partial charge in [0.05, 0.1) is 6.61 Å². The van der Waals surface area contributed by atoms with Crippen molar-refractivity contribution in [2.24, 2.45) is 0 Å². The smallest absolute Gasteiger partial charge is 0.247 e. The first kappa shape index (κ1) is 28.3. The van der Waals surface area contributed by atoms with Gasteiger partial charge in [-0.25, -0.2) is 0 Å². The molecule has 1 unspecified atom stereocenters. The number of unbranched alkanes of at least 4 members (excludes halogenated alkanes) is 3. The van der Waals surface area contributed by atoms with Crippen molar-refractivity contribution >= 4 is 35.0 Å². The number of halogens is 2. The van der Waals surface area contributed by atoms with Crippen LogP contribution in [-0.4, -0.2) is 35.2 Å². The molecule has 0 radical (unpaired) electrons. The van der Waals surface area contributed by atoms with Crippen molar-refractivity contribution in [1.82, 2.24) is 10.2 Å². The summed E-state index contributed by atoms with van der Waals surface area (Å²) in [5.41, 5.74) is 1.48. The SMILES string of the molecule is CCCCCCOc1ccc(C(C(=O)NC2CCCCC2)N(Cc2ccccc2Cl)C(=O)CCl)cc1. The lowest BCUT2D eigenvalue weighted by molar-refractivity contribution is -0.140. The van der Waals surface area contributed by atoms with Gasteiger partial charge in [0, 0.05) is 17.6 Å². The highest BCUT2D eigenvalue weighted by Gasteiger charge is 2.33. The number of hydrogen-bond acceptors (Lipinski definition) is 3. The monoisotopic (exact) mass is 532 g/mol. The lowest BCUT2D eigenvalue weighted by Crippen LogP contribution is -2.47. The fraction of sp³-hybridized carbons (Fsp3) is 0.517. The Balaban J connectivity index is 1.85. The van der Waals surface area contributed by atoms with Crippen LogP contribution in [-0.2, 0) is 16.1 Å². The van der Waals surface area contributed by atoms with Crippen LogP contribution in [0.5, 0.6) is 5.75 Å². The van der Waals surface area contributed by atoms with Crippen molar-refractivity contribution in [3.63, 3.8) is 0 Å². The molecule has 1 atom stereocenters. The Hall–Kier alpha value is -2.24. The molecular formula is C29H38Cl2N2O3. The molecule has 36 heavy (non-hydrogen) atoms. The molecule has 0 saturated heterocycles. The third-order valence-corrected chi connectivity index (χ3v) is 7.30. The van der Waals surface area contributed by atoms with Crippen LogP contribution in [0.4, 0.5) is 0 Å². The maximum absolute atomic E-state index is 13.7. The maximum Gasteiger partial charge on any atom is 0.247 e. The van der Waals surface area contributed by atoms with Crippen LogP contribution in [0.1, 0.15) is 81.9 Å². The van der Waals surface area contributed by atoms with E-state index in [9.17, 15) is 9.59 Å². The van der Waals surface area contributed by atoms with E-state index < -0.39 is 6.04 Å². The molecule has 0 aliphatic heterocycles. The van der Waals surface area contributed by atoms with Crippen molar-refractivity contribution in [2.45, 2.75) is 83.3 Å². The number of alkyl halides is 1. The minimum atomic E-state index is -0.826. The van der Waals surface area contributed by atoms with Gasteiger partial charge in [-0.15, -0.1) is 11.6 Å². The highest BCUT2D eigenvalue weighted by molar-refractivity contribution is 6.31. The van der Waals surface area contributed by atoms with E-state index in [4.69, 9.17) is 27.9 Å². The second-order valence-corrected chi connectivity index (χ2v) is 10.1. The fourth-order valence-corrected chi connectivity index (χ4v) is 5.02. The van der Waals surface area contributed by atoms with Gasteiger partial charge in [0.25, 0.3) is 0 Å². The van der Waals surface area contributed by atoms with E-state index in [1.54, 1.807) is 6.07 Å². The quantitative estimate of drug-likeness (QED) is 0.222. The Morgan fingerprint density at radius 3 is 2.42 bits per heavy atom. The van der Waals surface area contributed by atoms with Crippen molar-refractivity contribution in [2.75, 3.05) is 12.5 Å². The van der Waals surface area contributed by atoms with Gasteiger partial charge in [0.2, 0.25) is 11.8 Å². The zero-order valence-corrected chi connectivity index (χ0v) is 22.7. The van der Waals surface area contributed by atoms with E-state index in [0.717, 1.165) is 49.8 Å². The first-order valence-electron chi connectivity index (χ1n) is 13.2. The minimum Gasteiger partial charge on any atom is -0.494 e. The fourth-order valence-electron chi connectivity index (χ4n) is 4.68. The number of carbonyl (C=O) groups excluding carboxylic acids is 2. The standard InChI is InChI=1S/C29H38Cl2N2O3/c1-2-3-4-10-19-36-25-17-15-22(16-18-25)28(29(35)32-24-12-6-5-7-13-24)33(27(34)20-30)21-23-11-8-9-14-26(23)31/h8-9,11,14-18,24,28H,2-7,10,12-13,19-21H2,1H3,(H,32,35). The van der Waals surface area contributed by atoms with Crippen LogP contribution in [0.25, 0.3) is 0 Å². The van der Waals surface area contributed by atoms with Gasteiger partial charge in [-0.2, -0.15) is 0 Å². The number of rotatable bonds is 13. The summed E-state index contributed by atoms with van der Waals surface area (Å²) in [6.45, 7) is 3.03. The van der Waals surface area contributed by atoms with Crippen LogP contribution < -0.4 is 10.1 Å². The molecule has 1 N–H and O–H groups in total. The normalized spacial score (nSPS) is 14.8.